The van der Waals surface area contributed by atoms with E-state index in [9.17, 15) is 9.59 Å². The van der Waals surface area contributed by atoms with Gasteiger partial charge in [0.15, 0.2) is 0 Å². The van der Waals surface area contributed by atoms with Crippen molar-refractivity contribution in [2.75, 3.05) is 0 Å². The number of rotatable bonds is 6. The number of esters is 1. The van der Waals surface area contributed by atoms with Crippen LogP contribution >= 0.6 is 0 Å². The average Bonchev–Trinajstić information content (AvgIpc) is 2.35. The molecule has 0 bridgehead atoms. The Morgan fingerprint density at radius 3 is 2.28 bits per heavy atom. The van der Waals surface area contributed by atoms with Crippen molar-refractivity contribution in [3.8, 4) is 0 Å². The highest BCUT2D eigenvalue weighted by Gasteiger charge is 2.23. The lowest BCUT2D eigenvalue weighted by Crippen LogP contribution is -2.24. The number of hydrogen-bond donors (Lipinski definition) is 0. The summed E-state index contributed by atoms with van der Waals surface area (Å²) in [6.45, 7) is 5.75. The molecule has 18 heavy (non-hydrogen) atoms. The Labute approximate surface area is 108 Å². The van der Waals surface area contributed by atoms with Gasteiger partial charge < -0.3 is 4.74 Å². The highest BCUT2D eigenvalue weighted by Crippen LogP contribution is 2.11. The normalized spacial score (nSPS) is 12.2. The molecule has 1 atom stereocenters. The van der Waals surface area contributed by atoms with E-state index in [2.05, 4.69) is 0 Å². The highest BCUT2D eigenvalue weighted by molar-refractivity contribution is 5.98. The first kappa shape index (κ1) is 14.4. The molecule has 1 aromatic carbocycles. The number of benzene rings is 1. The van der Waals surface area contributed by atoms with E-state index in [1.807, 2.05) is 44.2 Å². The Morgan fingerprint density at radius 2 is 1.72 bits per heavy atom. The SMILES string of the molecule is CC(C)CC(=O)C(C)C(=O)OCc1ccccc1. The second-order valence-electron chi connectivity index (χ2n) is 4.88. The molecule has 0 spiro atoms. The van der Waals surface area contributed by atoms with E-state index in [1.165, 1.54) is 0 Å². The van der Waals surface area contributed by atoms with Crippen molar-refractivity contribution in [2.45, 2.75) is 33.8 Å². The molecule has 0 heterocycles. The summed E-state index contributed by atoms with van der Waals surface area (Å²) < 4.78 is 5.13. The minimum Gasteiger partial charge on any atom is -0.460 e. The van der Waals surface area contributed by atoms with Gasteiger partial charge in [0.2, 0.25) is 0 Å². The minimum absolute atomic E-state index is 0.0527. The summed E-state index contributed by atoms with van der Waals surface area (Å²) in [5.41, 5.74) is 0.925. The lowest BCUT2D eigenvalue weighted by molar-refractivity contribution is -0.152. The average molecular weight is 248 g/mol. The maximum atomic E-state index is 11.7. The fourth-order valence-electron chi connectivity index (χ4n) is 1.56. The first-order valence-electron chi connectivity index (χ1n) is 6.24. The van der Waals surface area contributed by atoms with Gasteiger partial charge in [-0.15, -0.1) is 0 Å². The summed E-state index contributed by atoms with van der Waals surface area (Å²) in [4.78, 5) is 23.4. The van der Waals surface area contributed by atoms with Gasteiger partial charge in [-0.1, -0.05) is 44.2 Å². The van der Waals surface area contributed by atoms with Crippen LogP contribution in [0.3, 0.4) is 0 Å². The summed E-state index contributed by atoms with van der Waals surface area (Å²) in [6.07, 6.45) is 0.418. The Kier molecular flexibility index (Phi) is 5.56. The fourth-order valence-corrected chi connectivity index (χ4v) is 1.56. The Balaban J connectivity index is 2.43. The van der Waals surface area contributed by atoms with Gasteiger partial charge in [0.25, 0.3) is 0 Å². The number of ketones is 1. The molecule has 98 valence electrons. The van der Waals surface area contributed by atoms with Crippen LogP contribution in [0.2, 0.25) is 0 Å². The molecule has 0 aliphatic heterocycles. The largest absolute Gasteiger partial charge is 0.460 e. The van der Waals surface area contributed by atoms with E-state index < -0.39 is 11.9 Å². The molecular weight excluding hydrogens is 228 g/mol. The number of Topliss-reactive ketones (excluding diaryl/α,β-unsaturated/α-hetero) is 1. The van der Waals surface area contributed by atoms with Crippen LogP contribution in [0.1, 0.15) is 32.8 Å². The molecule has 0 fully saturated rings. The van der Waals surface area contributed by atoms with Crippen molar-refractivity contribution < 1.29 is 14.3 Å². The molecule has 0 amide bonds. The van der Waals surface area contributed by atoms with E-state index in [1.54, 1.807) is 6.92 Å². The lowest BCUT2D eigenvalue weighted by atomic mass is 9.98. The zero-order valence-electron chi connectivity index (χ0n) is 11.2. The van der Waals surface area contributed by atoms with Crippen molar-refractivity contribution in [3.63, 3.8) is 0 Å². The van der Waals surface area contributed by atoms with Gasteiger partial charge in [-0.3, -0.25) is 9.59 Å². The number of hydrogen-bond acceptors (Lipinski definition) is 3. The van der Waals surface area contributed by atoms with Gasteiger partial charge in [0.05, 0.1) is 0 Å². The van der Waals surface area contributed by atoms with Crippen molar-refractivity contribution in [2.24, 2.45) is 11.8 Å². The third-order valence-electron chi connectivity index (χ3n) is 2.67. The summed E-state index contributed by atoms with van der Waals surface area (Å²) in [7, 11) is 0. The zero-order valence-corrected chi connectivity index (χ0v) is 11.2. The Bertz CT molecular complexity index is 395. The van der Waals surface area contributed by atoms with Crippen LogP contribution in [0.4, 0.5) is 0 Å². The molecule has 0 aromatic heterocycles. The summed E-state index contributed by atoms with van der Waals surface area (Å²) in [5, 5.41) is 0. The number of carbonyl (C=O) groups is 2. The Morgan fingerprint density at radius 1 is 1.11 bits per heavy atom. The number of ether oxygens (including phenoxy) is 1. The minimum atomic E-state index is -0.670. The van der Waals surface area contributed by atoms with Crippen molar-refractivity contribution in [1.82, 2.24) is 0 Å². The maximum absolute atomic E-state index is 11.7. The van der Waals surface area contributed by atoms with Crippen molar-refractivity contribution >= 4 is 11.8 Å². The molecule has 3 nitrogen and oxygen atoms in total. The van der Waals surface area contributed by atoms with Gasteiger partial charge in [0.1, 0.15) is 18.3 Å². The maximum Gasteiger partial charge on any atom is 0.316 e. The second kappa shape index (κ2) is 6.94. The first-order chi connectivity index (χ1) is 8.50. The molecule has 0 radical (unpaired) electrons. The molecule has 0 aliphatic carbocycles. The quantitative estimate of drug-likeness (QED) is 0.574. The first-order valence-corrected chi connectivity index (χ1v) is 6.24. The molecular formula is C15H20O3. The monoisotopic (exact) mass is 248 g/mol. The predicted octanol–water partition coefficient (Wildman–Crippen LogP) is 2.98. The van der Waals surface area contributed by atoms with Crippen LogP contribution in [-0.2, 0) is 20.9 Å². The number of carbonyl (C=O) groups excluding carboxylic acids is 2. The molecule has 0 aliphatic rings. The smallest absolute Gasteiger partial charge is 0.316 e. The summed E-state index contributed by atoms with van der Waals surface area (Å²) in [5.74, 6) is -0.898. The Hall–Kier alpha value is -1.64. The van der Waals surface area contributed by atoms with Crippen LogP contribution in [-0.4, -0.2) is 11.8 Å². The van der Waals surface area contributed by atoms with Crippen LogP contribution < -0.4 is 0 Å². The zero-order chi connectivity index (χ0) is 13.5. The molecule has 0 saturated carbocycles. The third-order valence-corrected chi connectivity index (χ3v) is 2.67. The van der Waals surface area contributed by atoms with Crippen LogP contribution in [0.5, 0.6) is 0 Å². The van der Waals surface area contributed by atoms with E-state index in [0.29, 0.717) is 6.42 Å². The van der Waals surface area contributed by atoms with Crippen molar-refractivity contribution in [3.05, 3.63) is 35.9 Å². The van der Waals surface area contributed by atoms with Crippen molar-refractivity contribution in [1.29, 1.82) is 0 Å². The third kappa shape index (κ3) is 4.70. The highest BCUT2D eigenvalue weighted by atomic mass is 16.5. The van der Waals surface area contributed by atoms with E-state index >= 15 is 0 Å². The van der Waals surface area contributed by atoms with Gasteiger partial charge in [-0.25, -0.2) is 0 Å². The van der Waals surface area contributed by atoms with Gasteiger partial charge in [-0.2, -0.15) is 0 Å². The van der Waals surface area contributed by atoms with E-state index in [4.69, 9.17) is 4.74 Å². The predicted molar refractivity (Wildman–Crippen MR) is 69.9 cm³/mol. The van der Waals surface area contributed by atoms with Gasteiger partial charge in [0, 0.05) is 6.42 Å². The molecule has 0 N–H and O–H groups in total. The van der Waals surface area contributed by atoms with E-state index in [-0.39, 0.29) is 18.3 Å². The van der Waals surface area contributed by atoms with Crippen LogP contribution in [0.25, 0.3) is 0 Å². The standard InChI is InChI=1S/C15H20O3/c1-11(2)9-14(16)12(3)15(17)18-10-13-7-5-4-6-8-13/h4-8,11-12H,9-10H2,1-3H3. The van der Waals surface area contributed by atoms with Crippen LogP contribution in [0.15, 0.2) is 30.3 Å². The second-order valence-corrected chi connectivity index (χ2v) is 4.88. The van der Waals surface area contributed by atoms with Gasteiger partial charge >= 0.3 is 5.97 Å². The summed E-state index contributed by atoms with van der Waals surface area (Å²) in [6, 6.07) is 9.44. The fraction of sp³-hybridized carbons (Fsp3) is 0.467. The van der Waals surface area contributed by atoms with E-state index in [0.717, 1.165) is 5.56 Å². The van der Waals surface area contributed by atoms with Crippen LogP contribution in [0, 0.1) is 11.8 Å². The topological polar surface area (TPSA) is 43.4 Å². The molecule has 1 aromatic rings. The molecule has 1 rings (SSSR count). The lowest BCUT2D eigenvalue weighted by Gasteiger charge is -2.11. The summed E-state index contributed by atoms with van der Waals surface area (Å²) >= 11 is 0. The van der Waals surface area contributed by atoms with Gasteiger partial charge in [-0.05, 0) is 18.4 Å². The molecule has 1 unspecified atom stereocenters. The molecule has 0 saturated heterocycles. The molecule has 3 heteroatoms.